The molecule has 1 N–H and O–H groups in total. The Hall–Kier alpha value is -2.77. The minimum Gasteiger partial charge on any atom is -0.392 e. The lowest BCUT2D eigenvalue weighted by Crippen LogP contribution is -2.49. The minimum atomic E-state index is -0.666. The first-order valence-electron chi connectivity index (χ1n) is 13.0. The molecular weight excluding hydrogens is 460 g/mol. The van der Waals surface area contributed by atoms with Crippen molar-refractivity contribution in [2.24, 2.45) is 5.92 Å². The van der Waals surface area contributed by atoms with E-state index < -0.39 is 17.7 Å². The summed E-state index contributed by atoms with van der Waals surface area (Å²) < 4.78 is 26.7. The van der Waals surface area contributed by atoms with Crippen LogP contribution in [0.1, 0.15) is 36.8 Å². The van der Waals surface area contributed by atoms with E-state index in [9.17, 15) is 18.7 Å². The third-order valence-corrected chi connectivity index (χ3v) is 8.38. The molecule has 1 amide bonds. The molecule has 192 valence electrons. The molecule has 3 aliphatic rings. The van der Waals surface area contributed by atoms with E-state index in [1.165, 1.54) is 35.5 Å². The van der Waals surface area contributed by atoms with Crippen molar-refractivity contribution in [2.45, 2.75) is 37.2 Å². The number of rotatable bonds is 5. The average Bonchev–Trinajstić information content (AvgIpc) is 3.15. The van der Waals surface area contributed by atoms with Crippen LogP contribution in [0, 0.1) is 17.6 Å². The molecule has 2 aromatic carbocycles. The summed E-state index contributed by atoms with van der Waals surface area (Å²) >= 11 is 0. The maximum absolute atomic E-state index is 13.3. The molecule has 2 saturated heterocycles. The Bertz CT molecular complexity index is 1100. The number of hydrogen-bond acceptors (Lipinski definition) is 4. The van der Waals surface area contributed by atoms with E-state index in [1.54, 1.807) is 4.90 Å². The molecule has 36 heavy (non-hydrogen) atoms. The lowest BCUT2D eigenvalue weighted by Gasteiger charge is -2.42. The number of likely N-dealkylation sites (N-methyl/N-ethyl adjacent to an activating group) is 1. The lowest BCUT2D eigenvalue weighted by molar-refractivity contribution is -0.128. The van der Waals surface area contributed by atoms with Crippen LogP contribution in [0.25, 0.3) is 6.08 Å². The fraction of sp³-hybridized carbons (Fsp3) is 0.483. The normalized spacial score (nSPS) is 21.3. The molecule has 1 unspecified atom stereocenters. The van der Waals surface area contributed by atoms with Crippen molar-refractivity contribution >= 4 is 17.7 Å². The van der Waals surface area contributed by atoms with Gasteiger partial charge in [-0.1, -0.05) is 18.2 Å². The van der Waals surface area contributed by atoms with Crippen molar-refractivity contribution in [2.75, 3.05) is 51.2 Å². The molecule has 0 aliphatic carbocycles. The monoisotopic (exact) mass is 495 g/mol. The zero-order valence-corrected chi connectivity index (χ0v) is 20.9. The fourth-order valence-electron chi connectivity index (χ4n) is 6.33. The van der Waals surface area contributed by atoms with Gasteiger partial charge in [0, 0.05) is 56.5 Å². The Morgan fingerprint density at radius 3 is 2.44 bits per heavy atom. The number of anilines is 1. The second kappa shape index (κ2) is 10.3. The first-order valence-corrected chi connectivity index (χ1v) is 13.0. The predicted molar refractivity (Wildman–Crippen MR) is 138 cm³/mol. The molecule has 3 aliphatic heterocycles. The van der Waals surface area contributed by atoms with E-state index in [1.807, 2.05) is 0 Å². The number of benzene rings is 2. The molecule has 3 heterocycles. The topological polar surface area (TPSA) is 47.0 Å². The molecule has 5 nitrogen and oxygen atoms in total. The maximum Gasteiger partial charge on any atom is 0.246 e. The average molecular weight is 496 g/mol. The van der Waals surface area contributed by atoms with E-state index in [4.69, 9.17) is 0 Å². The second-order valence-electron chi connectivity index (χ2n) is 10.7. The third kappa shape index (κ3) is 5.18. The Labute approximate surface area is 212 Å². The minimum absolute atomic E-state index is 0.171. The highest BCUT2D eigenvalue weighted by Crippen LogP contribution is 2.46. The number of carbonyl (C=O) groups is 1. The van der Waals surface area contributed by atoms with Gasteiger partial charge < -0.3 is 19.8 Å². The van der Waals surface area contributed by atoms with E-state index in [-0.39, 0.29) is 17.2 Å². The molecule has 2 fully saturated rings. The number of carbonyl (C=O) groups excluding carboxylic acids is 1. The van der Waals surface area contributed by atoms with E-state index in [0.717, 1.165) is 51.4 Å². The van der Waals surface area contributed by atoms with E-state index in [0.29, 0.717) is 25.2 Å². The summed E-state index contributed by atoms with van der Waals surface area (Å²) in [5.74, 6) is -1.33. The number of β-amino-alcohol motifs (C(OH)–C–C–N with tert-alkyl or cyclic N) is 1. The maximum atomic E-state index is 13.3. The van der Waals surface area contributed by atoms with E-state index >= 15 is 0 Å². The van der Waals surface area contributed by atoms with Crippen molar-refractivity contribution < 1.29 is 18.7 Å². The molecule has 7 heteroatoms. The quantitative estimate of drug-likeness (QED) is 0.636. The Kier molecular flexibility index (Phi) is 7.13. The van der Waals surface area contributed by atoms with Crippen LogP contribution in [0.4, 0.5) is 14.5 Å². The Morgan fingerprint density at radius 1 is 1.08 bits per heavy atom. The molecule has 0 radical (unpaired) electrons. The number of aliphatic hydroxyl groups is 1. The van der Waals surface area contributed by atoms with Crippen molar-refractivity contribution in [3.05, 3.63) is 71.3 Å². The predicted octanol–water partition coefficient (Wildman–Crippen LogP) is 4.06. The molecule has 1 atom stereocenters. The number of fused-ring (bicyclic) bond motifs is 2. The molecule has 0 aromatic heterocycles. The van der Waals surface area contributed by atoms with Crippen molar-refractivity contribution in [1.82, 2.24) is 9.80 Å². The summed E-state index contributed by atoms with van der Waals surface area (Å²) in [6.45, 7) is 4.88. The van der Waals surface area contributed by atoms with E-state index in [2.05, 4.69) is 41.1 Å². The number of aliphatic hydroxyl groups excluding tert-OH is 1. The fourth-order valence-corrected chi connectivity index (χ4v) is 6.33. The second-order valence-corrected chi connectivity index (χ2v) is 10.7. The highest BCUT2D eigenvalue weighted by Gasteiger charge is 2.43. The summed E-state index contributed by atoms with van der Waals surface area (Å²) in [6, 6.07) is 12.0. The van der Waals surface area contributed by atoms with Gasteiger partial charge in [-0.2, -0.15) is 0 Å². The van der Waals surface area contributed by atoms with Crippen LogP contribution in [0.5, 0.6) is 0 Å². The molecular formula is C29H35F2N3O2. The molecule has 2 aromatic rings. The van der Waals surface area contributed by atoms with Gasteiger partial charge in [0.1, 0.15) is 11.6 Å². The van der Waals surface area contributed by atoms with Gasteiger partial charge in [-0.25, -0.2) is 8.78 Å². The van der Waals surface area contributed by atoms with Crippen molar-refractivity contribution in [1.29, 1.82) is 0 Å². The van der Waals surface area contributed by atoms with Crippen LogP contribution in [0.2, 0.25) is 0 Å². The molecule has 1 spiro atoms. The smallest absolute Gasteiger partial charge is 0.246 e. The highest BCUT2D eigenvalue weighted by atomic mass is 19.1. The van der Waals surface area contributed by atoms with Gasteiger partial charge in [-0.05, 0) is 80.1 Å². The molecule has 0 saturated carbocycles. The first-order chi connectivity index (χ1) is 17.3. The zero-order valence-electron chi connectivity index (χ0n) is 20.9. The van der Waals surface area contributed by atoms with Crippen molar-refractivity contribution in [3.8, 4) is 0 Å². The number of nitrogens with zero attached hydrogens (tertiary/aromatic N) is 3. The number of likely N-dealkylation sites (tertiary alicyclic amines) is 2. The number of piperidine rings is 2. The van der Waals surface area contributed by atoms with Crippen LogP contribution < -0.4 is 4.90 Å². The standard InChI is InChI=1S/C29H35F2N3O2/c1-32-20-29(25-4-2-3-5-26(25)32)10-14-33(15-11-29)19-27(35)22-8-12-34(13-9-22)28(36)7-6-21-16-23(30)18-24(31)17-21/h2-7,16-18,22,27,35H,8-15,19-20H2,1H3. The van der Waals surface area contributed by atoms with Crippen LogP contribution in [-0.4, -0.2) is 73.2 Å². The zero-order chi connectivity index (χ0) is 25.3. The first kappa shape index (κ1) is 24.9. The van der Waals surface area contributed by atoms with Gasteiger partial charge >= 0.3 is 0 Å². The number of amides is 1. The van der Waals surface area contributed by atoms with Crippen LogP contribution in [0.3, 0.4) is 0 Å². The van der Waals surface area contributed by atoms with Crippen molar-refractivity contribution in [3.63, 3.8) is 0 Å². The van der Waals surface area contributed by atoms with Gasteiger partial charge in [0.2, 0.25) is 5.91 Å². The third-order valence-electron chi connectivity index (χ3n) is 8.38. The van der Waals surface area contributed by atoms with Gasteiger partial charge in [0.25, 0.3) is 0 Å². The number of hydrogen-bond donors (Lipinski definition) is 1. The summed E-state index contributed by atoms with van der Waals surface area (Å²) in [6.07, 6.45) is 6.13. The molecule has 5 rings (SSSR count). The summed E-state index contributed by atoms with van der Waals surface area (Å²) in [7, 11) is 2.18. The van der Waals surface area contributed by atoms with Gasteiger partial charge in [0.05, 0.1) is 6.10 Å². The summed E-state index contributed by atoms with van der Waals surface area (Å²) in [4.78, 5) is 19.1. The van der Waals surface area contributed by atoms with Crippen LogP contribution >= 0.6 is 0 Å². The Balaban J connectivity index is 1.09. The number of halogens is 2. The van der Waals surface area contributed by atoms with Gasteiger partial charge in [-0.3, -0.25) is 4.79 Å². The SMILES string of the molecule is CN1CC2(CCN(CC(O)C3CCN(C(=O)C=Cc4cc(F)cc(F)c4)CC3)CC2)c2ccccc21. The molecule has 0 bridgehead atoms. The Morgan fingerprint density at radius 2 is 1.75 bits per heavy atom. The summed E-state index contributed by atoms with van der Waals surface area (Å²) in [5.41, 5.74) is 3.37. The number of para-hydroxylation sites is 1. The van der Waals surface area contributed by atoms with Crippen LogP contribution in [0.15, 0.2) is 48.5 Å². The highest BCUT2D eigenvalue weighted by molar-refractivity contribution is 5.91. The largest absolute Gasteiger partial charge is 0.392 e. The van der Waals surface area contributed by atoms with Crippen LogP contribution in [-0.2, 0) is 10.2 Å². The lowest BCUT2D eigenvalue weighted by atomic mass is 9.74. The van der Waals surface area contributed by atoms with Gasteiger partial charge in [-0.15, -0.1) is 0 Å². The van der Waals surface area contributed by atoms with Gasteiger partial charge in [0.15, 0.2) is 0 Å². The summed E-state index contributed by atoms with van der Waals surface area (Å²) in [5, 5.41) is 11.0.